The van der Waals surface area contributed by atoms with E-state index in [1.807, 2.05) is 19.0 Å². The molecule has 0 aromatic heterocycles. The van der Waals surface area contributed by atoms with Crippen LogP contribution in [0.3, 0.4) is 0 Å². The fraction of sp³-hybridized carbons (Fsp3) is 0.636. The average Bonchev–Trinajstić information content (AvgIpc) is 2.13. The molecule has 0 rings (SSSR count). The number of hydrogen-bond donors (Lipinski definition) is 0. The lowest BCUT2D eigenvalue weighted by Crippen LogP contribution is -2.19. The van der Waals surface area contributed by atoms with Gasteiger partial charge in [0.25, 0.3) is 0 Å². The number of ether oxygens (including phenoxy) is 2. The van der Waals surface area contributed by atoms with Crippen LogP contribution in [-0.4, -0.2) is 50.2 Å². The first-order valence-corrected chi connectivity index (χ1v) is 5.12. The van der Waals surface area contributed by atoms with E-state index < -0.39 is 11.9 Å². The van der Waals surface area contributed by atoms with Crippen LogP contribution < -0.4 is 0 Å². The second-order valence-corrected chi connectivity index (χ2v) is 3.79. The van der Waals surface area contributed by atoms with Crippen LogP contribution in [-0.2, 0) is 19.1 Å². The quantitative estimate of drug-likeness (QED) is 0.493. The molecule has 0 N–H and O–H groups in total. The molecule has 5 heteroatoms. The van der Waals surface area contributed by atoms with Crippen molar-refractivity contribution in [3.8, 4) is 0 Å². The summed E-state index contributed by atoms with van der Waals surface area (Å²) >= 11 is 0. The molecular weight excluding hydrogens is 210 g/mol. The highest BCUT2D eigenvalue weighted by molar-refractivity contribution is 5.91. The molecule has 0 radical (unpaired) electrons. The molecule has 0 saturated heterocycles. The van der Waals surface area contributed by atoms with Gasteiger partial charge in [-0.3, -0.25) is 0 Å². The SMILES string of the molecule is CC(C)OC(=O)C=CC(=O)OCCN(C)C. The van der Waals surface area contributed by atoms with Crippen molar-refractivity contribution in [2.75, 3.05) is 27.2 Å². The molecule has 0 bridgehead atoms. The zero-order chi connectivity index (χ0) is 12.6. The maximum Gasteiger partial charge on any atom is 0.331 e. The van der Waals surface area contributed by atoms with Gasteiger partial charge in [-0.25, -0.2) is 9.59 Å². The third-order valence-electron chi connectivity index (χ3n) is 1.49. The van der Waals surface area contributed by atoms with Crippen LogP contribution in [0, 0.1) is 0 Å². The molecule has 0 aliphatic rings. The largest absolute Gasteiger partial charge is 0.461 e. The Kier molecular flexibility index (Phi) is 7.20. The van der Waals surface area contributed by atoms with Gasteiger partial charge in [0, 0.05) is 18.7 Å². The molecule has 0 atom stereocenters. The Labute approximate surface area is 96.0 Å². The van der Waals surface area contributed by atoms with E-state index in [1.165, 1.54) is 0 Å². The van der Waals surface area contributed by atoms with Crippen LogP contribution in [0.15, 0.2) is 12.2 Å². The predicted molar refractivity (Wildman–Crippen MR) is 59.9 cm³/mol. The molecule has 0 spiro atoms. The van der Waals surface area contributed by atoms with Crippen molar-refractivity contribution in [2.45, 2.75) is 20.0 Å². The highest BCUT2D eigenvalue weighted by atomic mass is 16.5. The lowest BCUT2D eigenvalue weighted by Gasteiger charge is -2.08. The van der Waals surface area contributed by atoms with Crippen LogP contribution in [0.5, 0.6) is 0 Å². The van der Waals surface area contributed by atoms with Crippen LogP contribution in [0.25, 0.3) is 0 Å². The molecule has 5 nitrogen and oxygen atoms in total. The standard InChI is InChI=1S/C11H19NO4/c1-9(2)16-11(14)6-5-10(13)15-8-7-12(3)4/h5-6,9H,7-8H2,1-4H3. The third kappa shape index (κ3) is 9.21. The van der Waals surface area contributed by atoms with E-state index in [4.69, 9.17) is 9.47 Å². The molecule has 0 aliphatic carbocycles. The van der Waals surface area contributed by atoms with Crippen molar-refractivity contribution >= 4 is 11.9 Å². The Morgan fingerprint density at radius 3 is 2.25 bits per heavy atom. The van der Waals surface area contributed by atoms with Gasteiger partial charge in [-0.2, -0.15) is 0 Å². The van der Waals surface area contributed by atoms with Gasteiger partial charge < -0.3 is 14.4 Å². The van der Waals surface area contributed by atoms with Crippen molar-refractivity contribution in [1.29, 1.82) is 0 Å². The number of nitrogens with zero attached hydrogens (tertiary/aromatic N) is 1. The van der Waals surface area contributed by atoms with Gasteiger partial charge in [0.1, 0.15) is 6.61 Å². The summed E-state index contributed by atoms with van der Waals surface area (Å²) in [4.78, 5) is 24.0. The number of hydrogen-bond acceptors (Lipinski definition) is 5. The zero-order valence-electron chi connectivity index (χ0n) is 10.2. The van der Waals surface area contributed by atoms with Crippen LogP contribution in [0.1, 0.15) is 13.8 Å². The van der Waals surface area contributed by atoms with E-state index in [0.29, 0.717) is 13.2 Å². The van der Waals surface area contributed by atoms with Crippen molar-refractivity contribution in [2.24, 2.45) is 0 Å². The van der Waals surface area contributed by atoms with E-state index in [0.717, 1.165) is 12.2 Å². The highest BCUT2D eigenvalue weighted by Crippen LogP contribution is 1.91. The van der Waals surface area contributed by atoms with Gasteiger partial charge in [-0.05, 0) is 27.9 Å². The van der Waals surface area contributed by atoms with Crippen molar-refractivity contribution in [3.63, 3.8) is 0 Å². The first kappa shape index (κ1) is 14.6. The molecule has 0 aromatic carbocycles. The van der Waals surface area contributed by atoms with E-state index in [1.54, 1.807) is 13.8 Å². The lowest BCUT2D eigenvalue weighted by atomic mass is 10.4. The van der Waals surface area contributed by atoms with Gasteiger partial charge in [0.05, 0.1) is 6.10 Å². The maximum absolute atomic E-state index is 11.1. The fourth-order valence-corrected chi connectivity index (χ4v) is 0.785. The number of carbonyl (C=O) groups is 2. The maximum atomic E-state index is 11.1. The average molecular weight is 229 g/mol. The third-order valence-corrected chi connectivity index (χ3v) is 1.49. The highest BCUT2D eigenvalue weighted by Gasteiger charge is 2.02. The molecule has 0 amide bonds. The Morgan fingerprint density at radius 1 is 1.19 bits per heavy atom. The summed E-state index contributed by atoms with van der Waals surface area (Å²) in [5, 5.41) is 0. The van der Waals surface area contributed by atoms with Gasteiger partial charge in [-0.1, -0.05) is 0 Å². The van der Waals surface area contributed by atoms with Crippen LogP contribution in [0.2, 0.25) is 0 Å². The topological polar surface area (TPSA) is 55.8 Å². The summed E-state index contributed by atoms with van der Waals surface area (Å²) in [6.45, 7) is 4.42. The molecule has 0 aliphatic heterocycles. The fourth-order valence-electron chi connectivity index (χ4n) is 0.785. The van der Waals surface area contributed by atoms with Gasteiger partial charge in [0.15, 0.2) is 0 Å². The second kappa shape index (κ2) is 7.87. The summed E-state index contributed by atoms with van der Waals surface area (Å²) in [7, 11) is 3.76. The minimum atomic E-state index is -0.542. The van der Waals surface area contributed by atoms with E-state index in [9.17, 15) is 9.59 Å². The lowest BCUT2D eigenvalue weighted by molar-refractivity contribution is -0.142. The van der Waals surface area contributed by atoms with Gasteiger partial charge >= 0.3 is 11.9 Å². The first-order valence-electron chi connectivity index (χ1n) is 5.12. The van der Waals surface area contributed by atoms with Crippen LogP contribution in [0.4, 0.5) is 0 Å². The van der Waals surface area contributed by atoms with Gasteiger partial charge in [-0.15, -0.1) is 0 Å². The smallest absolute Gasteiger partial charge is 0.331 e. The van der Waals surface area contributed by atoms with E-state index in [2.05, 4.69) is 0 Å². The Hall–Kier alpha value is -1.36. The molecule has 0 aromatic rings. The van der Waals surface area contributed by atoms with Gasteiger partial charge in [0.2, 0.25) is 0 Å². The number of likely N-dealkylation sites (N-methyl/N-ethyl adjacent to an activating group) is 1. The number of carbonyl (C=O) groups excluding carboxylic acids is 2. The summed E-state index contributed by atoms with van der Waals surface area (Å²) < 4.78 is 9.63. The molecule has 16 heavy (non-hydrogen) atoms. The first-order chi connectivity index (χ1) is 7.41. The minimum absolute atomic E-state index is 0.193. The Bertz CT molecular complexity index is 259. The second-order valence-electron chi connectivity index (χ2n) is 3.79. The monoisotopic (exact) mass is 229 g/mol. The van der Waals surface area contributed by atoms with E-state index >= 15 is 0 Å². The minimum Gasteiger partial charge on any atom is -0.461 e. The molecule has 92 valence electrons. The molecule has 0 heterocycles. The molecular formula is C11H19NO4. The molecule has 0 saturated carbocycles. The summed E-state index contributed by atoms with van der Waals surface area (Å²) in [6.07, 6.45) is 1.94. The van der Waals surface area contributed by atoms with Crippen LogP contribution >= 0.6 is 0 Å². The molecule has 0 unspecified atom stereocenters. The summed E-state index contributed by atoms with van der Waals surface area (Å²) in [5.74, 6) is -1.08. The van der Waals surface area contributed by atoms with Crippen molar-refractivity contribution < 1.29 is 19.1 Å². The summed E-state index contributed by atoms with van der Waals surface area (Å²) in [5.41, 5.74) is 0. The Morgan fingerprint density at radius 2 is 1.75 bits per heavy atom. The Balaban J connectivity index is 3.77. The van der Waals surface area contributed by atoms with E-state index in [-0.39, 0.29) is 6.10 Å². The number of esters is 2. The summed E-state index contributed by atoms with van der Waals surface area (Å²) in [6, 6.07) is 0. The normalized spacial score (nSPS) is 11.1. The number of rotatable bonds is 6. The molecule has 0 fully saturated rings. The van der Waals surface area contributed by atoms with Crippen molar-refractivity contribution in [3.05, 3.63) is 12.2 Å². The zero-order valence-corrected chi connectivity index (χ0v) is 10.2. The predicted octanol–water partition coefficient (Wildman–Crippen LogP) is 0.599. The van der Waals surface area contributed by atoms with Crippen molar-refractivity contribution in [1.82, 2.24) is 4.90 Å².